The maximum absolute atomic E-state index is 12.6. The zero-order valence-corrected chi connectivity index (χ0v) is 15.5. The summed E-state index contributed by atoms with van der Waals surface area (Å²) in [6.07, 6.45) is 0.335. The fraction of sp³-hybridized carbons (Fsp3) is 0.350. The van der Waals surface area contributed by atoms with Crippen LogP contribution in [0.3, 0.4) is 0 Å². The van der Waals surface area contributed by atoms with Gasteiger partial charge in [0.1, 0.15) is 0 Å². The Morgan fingerprint density at radius 2 is 1.48 bits per heavy atom. The van der Waals surface area contributed by atoms with Gasteiger partial charge in [0.05, 0.1) is 6.10 Å². The second-order valence-corrected chi connectivity index (χ2v) is 11.4. The monoisotopic (exact) mass is 326 g/mol. The maximum atomic E-state index is 12.6. The Kier molecular flexibility index (Phi) is 5.91. The van der Waals surface area contributed by atoms with Gasteiger partial charge in [0.2, 0.25) is 0 Å². The van der Waals surface area contributed by atoms with Crippen LogP contribution in [-0.2, 0) is 4.43 Å². The molecule has 122 valence electrons. The topological polar surface area (TPSA) is 26.3 Å². The summed E-state index contributed by atoms with van der Waals surface area (Å²) in [5.74, 6) is 0.340. The molecule has 2 unspecified atom stereocenters. The molecule has 3 heteroatoms. The second-order valence-electron chi connectivity index (χ2n) is 6.96. The molecule has 0 aliphatic rings. The lowest BCUT2D eigenvalue weighted by molar-refractivity contribution is 0.0874. The molecule has 2 aromatic rings. The van der Waals surface area contributed by atoms with Gasteiger partial charge in [-0.15, -0.1) is 0 Å². The van der Waals surface area contributed by atoms with Crippen molar-refractivity contribution in [2.75, 3.05) is 0 Å². The van der Waals surface area contributed by atoms with Crippen LogP contribution < -0.4 is 0 Å². The van der Waals surface area contributed by atoms with Crippen molar-refractivity contribution in [1.29, 1.82) is 0 Å². The highest BCUT2D eigenvalue weighted by Gasteiger charge is 2.28. The molecule has 2 atom stereocenters. The van der Waals surface area contributed by atoms with E-state index in [4.69, 9.17) is 4.43 Å². The number of hydrogen-bond acceptors (Lipinski definition) is 2. The quantitative estimate of drug-likeness (QED) is 0.511. The number of ketones is 1. The molecule has 0 bridgehead atoms. The second kappa shape index (κ2) is 7.71. The van der Waals surface area contributed by atoms with E-state index in [9.17, 15) is 4.79 Å². The highest BCUT2D eigenvalue weighted by molar-refractivity contribution is 6.69. The molecule has 0 heterocycles. The lowest BCUT2D eigenvalue weighted by Gasteiger charge is -2.31. The predicted octanol–water partition coefficient (Wildman–Crippen LogP) is 5.28. The molecular formula is C20H26O2Si. The average Bonchev–Trinajstić information content (AvgIpc) is 2.54. The van der Waals surface area contributed by atoms with Crippen molar-refractivity contribution in [3.05, 3.63) is 71.8 Å². The third-order valence-electron chi connectivity index (χ3n) is 3.87. The summed E-state index contributed by atoms with van der Waals surface area (Å²) in [4.78, 5) is 12.6. The SMILES string of the molecule is CC(c1ccccc1)C(CC(=O)c1ccccc1)O[Si](C)(C)C. The minimum absolute atomic E-state index is 0.0863. The summed E-state index contributed by atoms with van der Waals surface area (Å²) in [7, 11) is -1.74. The van der Waals surface area contributed by atoms with Crippen molar-refractivity contribution in [1.82, 2.24) is 0 Å². The van der Waals surface area contributed by atoms with E-state index < -0.39 is 8.32 Å². The van der Waals surface area contributed by atoms with Gasteiger partial charge >= 0.3 is 0 Å². The van der Waals surface area contributed by atoms with Gasteiger partial charge in [-0.05, 0) is 25.2 Å². The number of carbonyl (C=O) groups is 1. The van der Waals surface area contributed by atoms with Gasteiger partial charge in [-0.3, -0.25) is 4.79 Å². The summed E-state index contributed by atoms with van der Waals surface area (Å²) in [5.41, 5.74) is 1.98. The maximum Gasteiger partial charge on any atom is 0.184 e. The molecule has 0 saturated carbocycles. The fourth-order valence-corrected chi connectivity index (χ4v) is 3.87. The lowest BCUT2D eigenvalue weighted by Crippen LogP contribution is -2.36. The van der Waals surface area contributed by atoms with Crippen LogP contribution in [0.25, 0.3) is 0 Å². The smallest absolute Gasteiger partial charge is 0.184 e. The summed E-state index contributed by atoms with van der Waals surface area (Å²) in [5, 5.41) is 0. The van der Waals surface area contributed by atoms with Gasteiger partial charge in [0.15, 0.2) is 14.1 Å². The van der Waals surface area contributed by atoms with E-state index in [-0.39, 0.29) is 17.8 Å². The molecule has 0 aliphatic heterocycles. The number of rotatable bonds is 7. The van der Waals surface area contributed by atoms with Crippen LogP contribution in [0.1, 0.15) is 35.2 Å². The van der Waals surface area contributed by atoms with E-state index >= 15 is 0 Å². The van der Waals surface area contributed by atoms with Crippen molar-refractivity contribution < 1.29 is 9.22 Å². The largest absolute Gasteiger partial charge is 0.414 e. The van der Waals surface area contributed by atoms with E-state index in [2.05, 4.69) is 38.7 Å². The molecule has 0 amide bonds. The van der Waals surface area contributed by atoms with E-state index in [1.165, 1.54) is 5.56 Å². The predicted molar refractivity (Wildman–Crippen MR) is 98.5 cm³/mol. The van der Waals surface area contributed by atoms with Crippen molar-refractivity contribution >= 4 is 14.1 Å². The first-order valence-corrected chi connectivity index (χ1v) is 11.6. The molecule has 0 radical (unpaired) electrons. The van der Waals surface area contributed by atoms with E-state index in [0.29, 0.717) is 6.42 Å². The van der Waals surface area contributed by atoms with Crippen LogP contribution in [0.5, 0.6) is 0 Å². The molecule has 0 fully saturated rings. The molecule has 0 saturated heterocycles. The first kappa shape index (κ1) is 17.6. The Labute approximate surface area is 140 Å². The molecule has 23 heavy (non-hydrogen) atoms. The zero-order valence-electron chi connectivity index (χ0n) is 14.5. The first-order chi connectivity index (χ1) is 10.9. The van der Waals surface area contributed by atoms with Crippen molar-refractivity contribution in [3.63, 3.8) is 0 Å². The third-order valence-corrected chi connectivity index (χ3v) is 4.88. The van der Waals surface area contributed by atoms with Crippen LogP contribution in [0.15, 0.2) is 60.7 Å². The molecule has 2 aromatic carbocycles. The average molecular weight is 327 g/mol. The van der Waals surface area contributed by atoms with Crippen molar-refractivity contribution in [2.24, 2.45) is 0 Å². The van der Waals surface area contributed by atoms with Gasteiger partial charge in [-0.1, -0.05) is 67.6 Å². The van der Waals surface area contributed by atoms with Gasteiger partial charge in [0.25, 0.3) is 0 Å². The summed E-state index contributed by atoms with van der Waals surface area (Å²) < 4.78 is 6.36. The molecule has 0 aliphatic carbocycles. The summed E-state index contributed by atoms with van der Waals surface area (Å²) >= 11 is 0. The van der Waals surface area contributed by atoms with Crippen molar-refractivity contribution in [3.8, 4) is 0 Å². The van der Waals surface area contributed by atoms with Crippen LogP contribution in [-0.4, -0.2) is 20.2 Å². The number of carbonyl (C=O) groups excluding carboxylic acids is 1. The number of benzene rings is 2. The fourth-order valence-electron chi connectivity index (χ4n) is 2.67. The Morgan fingerprint density at radius 1 is 0.957 bits per heavy atom. The summed E-state index contributed by atoms with van der Waals surface area (Å²) in [6.45, 7) is 8.67. The Hall–Kier alpha value is -1.71. The molecule has 2 rings (SSSR count). The van der Waals surface area contributed by atoms with Crippen LogP contribution in [0.2, 0.25) is 19.6 Å². The van der Waals surface area contributed by atoms with E-state index in [0.717, 1.165) is 5.56 Å². The highest BCUT2D eigenvalue weighted by atomic mass is 28.4. The minimum atomic E-state index is -1.74. The van der Waals surface area contributed by atoms with E-state index in [1.54, 1.807) is 0 Å². The van der Waals surface area contributed by atoms with Gasteiger partial charge < -0.3 is 4.43 Å². The first-order valence-electron chi connectivity index (χ1n) is 8.18. The van der Waals surface area contributed by atoms with Gasteiger partial charge in [0, 0.05) is 17.9 Å². The Bertz CT molecular complexity index is 617. The molecule has 0 N–H and O–H groups in total. The highest BCUT2D eigenvalue weighted by Crippen LogP contribution is 2.27. The number of Topliss-reactive ketones (excluding diaryl/α,β-unsaturated/α-hetero) is 1. The zero-order chi connectivity index (χ0) is 16.9. The molecule has 2 nitrogen and oxygen atoms in total. The molecule has 0 spiro atoms. The van der Waals surface area contributed by atoms with Crippen LogP contribution in [0, 0.1) is 0 Å². The van der Waals surface area contributed by atoms with Gasteiger partial charge in [-0.25, -0.2) is 0 Å². The Morgan fingerprint density at radius 3 is 2.00 bits per heavy atom. The molecular weight excluding hydrogens is 300 g/mol. The lowest BCUT2D eigenvalue weighted by atomic mass is 9.91. The molecule has 0 aromatic heterocycles. The number of hydrogen-bond donors (Lipinski definition) is 0. The standard InChI is InChI=1S/C20H26O2Si/c1-16(17-11-7-5-8-12-17)20(22-23(2,3)4)15-19(21)18-13-9-6-10-14-18/h5-14,16,20H,15H2,1-4H3. The van der Waals surface area contributed by atoms with Gasteiger partial charge in [-0.2, -0.15) is 0 Å². The summed E-state index contributed by atoms with van der Waals surface area (Å²) in [6, 6.07) is 19.8. The normalized spacial score (nSPS) is 14.3. The third kappa shape index (κ3) is 5.45. The van der Waals surface area contributed by atoms with Crippen molar-refractivity contribution in [2.45, 2.75) is 45.0 Å². The Balaban J connectivity index is 2.19. The van der Waals surface area contributed by atoms with Crippen LogP contribution in [0.4, 0.5) is 0 Å². The van der Waals surface area contributed by atoms with Crippen LogP contribution >= 0.6 is 0 Å². The minimum Gasteiger partial charge on any atom is -0.414 e. The van der Waals surface area contributed by atoms with E-state index in [1.807, 2.05) is 48.5 Å².